The van der Waals surface area contributed by atoms with Gasteiger partial charge in [-0.3, -0.25) is 9.59 Å². The van der Waals surface area contributed by atoms with Crippen molar-refractivity contribution in [2.24, 2.45) is 0 Å². The smallest absolute Gasteiger partial charge is 0.257 e. The maximum atomic E-state index is 12.8. The summed E-state index contributed by atoms with van der Waals surface area (Å²) in [5.74, 6) is -1.62. The number of halogens is 2. The van der Waals surface area contributed by atoms with Crippen molar-refractivity contribution in [2.45, 2.75) is 0 Å². The number of benzene rings is 2. The minimum Gasteiger partial charge on any atom is -0.507 e. The van der Waals surface area contributed by atoms with Gasteiger partial charge in [-0.15, -0.1) is 0 Å². The Morgan fingerprint density at radius 3 is 2.52 bits per heavy atom. The molecule has 120 valence electrons. The quantitative estimate of drug-likeness (QED) is 0.902. The fourth-order valence-corrected chi connectivity index (χ4v) is 2.08. The molecule has 2 aromatic carbocycles. The molecule has 0 radical (unpaired) electrons. The lowest BCUT2D eigenvalue weighted by molar-refractivity contribution is -0.116. The number of phenols is 1. The number of anilines is 1. The van der Waals surface area contributed by atoms with E-state index in [0.717, 1.165) is 4.90 Å². The van der Waals surface area contributed by atoms with Crippen molar-refractivity contribution in [1.29, 1.82) is 0 Å². The highest BCUT2D eigenvalue weighted by atomic mass is 35.5. The largest absolute Gasteiger partial charge is 0.507 e. The third kappa shape index (κ3) is 4.43. The van der Waals surface area contributed by atoms with Crippen molar-refractivity contribution in [1.82, 2.24) is 4.90 Å². The van der Waals surface area contributed by atoms with Crippen LogP contribution in [0.5, 0.6) is 5.75 Å². The van der Waals surface area contributed by atoms with Gasteiger partial charge >= 0.3 is 0 Å². The van der Waals surface area contributed by atoms with E-state index in [1.165, 1.54) is 49.5 Å². The summed E-state index contributed by atoms with van der Waals surface area (Å²) >= 11 is 5.80. The second kappa shape index (κ2) is 7.11. The Kier molecular flexibility index (Phi) is 5.18. The van der Waals surface area contributed by atoms with Gasteiger partial charge in [0.05, 0.1) is 12.1 Å². The number of nitrogens with one attached hydrogen (secondary N) is 1. The van der Waals surface area contributed by atoms with Crippen LogP contribution < -0.4 is 5.32 Å². The lowest BCUT2D eigenvalue weighted by atomic mass is 10.2. The highest BCUT2D eigenvalue weighted by Crippen LogP contribution is 2.22. The summed E-state index contributed by atoms with van der Waals surface area (Å²) in [5.41, 5.74) is 0.428. The first-order valence-electron chi connectivity index (χ1n) is 6.66. The van der Waals surface area contributed by atoms with Crippen LogP contribution in [0.15, 0.2) is 42.5 Å². The summed E-state index contributed by atoms with van der Waals surface area (Å²) < 4.78 is 12.8. The molecule has 2 aromatic rings. The summed E-state index contributed by atoms with van der Waals surface area (Å²) in [7, 11) is 1.42. The number of amides is 2. The van der Waals surface area contributed by atoms with Gasteiger partial charge in [0.2, 0.25) is 5.91 Å². The average molecular weight is 337 g/mol. The number of hydrogen-bond acceptors (Lipinski definition) is 3. The molecule has 0 aliphatic carbocycles. The number of hydrogen-bond donors (Lipinski definition) is 2. The van der Waals surface area contributed by atoms with E-state index in [1.807, 2.05) is 0 Å². The number of carbonyl (C=O) groups is 2. The number of phenolic OH excluding ortho intramolecular Hbond substituents is 1. The van der Waals surface area contributed by atoms with E-state index in [9.17, 15) is 19.1 Å². The summed E-state index contributed by atoms with van der Waals surface area (Å²) in [6.45, 7) is -0.234. The van der Waals surface area contributed by atoms with E-state index in [-0.39, 0.29) is 17.9 Å². The van der Waals surface area contributed by atoms with Gasteiger partial charge in [-0.05, 0) is 42.5 Å². The summed E-state index contributed by atoms with van der Waals surface area (Å²) in [6, 6.07) is 9.35. The van der Waals surface area contributed by atoms with Gasteiger partial charge in [-0.25, -0.2) is 4.39 Å². The van der Waals surface area contributed by atoms with E-state index in [0.29, 0.717) is 10.7 Å². The molecular formula is C16H14ClFN2O3. The van der Waals surface area contributed by atoms with Crippen LogP contribution in [-0.4, -0.2) is 35.4 Å². The van der Waals surface area contributed by atoms with Gasteiger partial charge in [0, 0.05) is 17.8 Å². The number of likely N-dealkylation sites (N-methyl/N-ethyl adjacent to an activating group) is 1. The molecule has 0 bridgehead atoms. The van der Waals surface area contributed by atoms with Crippen molar-refractivity contribution in [3.63, 3.8) is 0 Å². The van der Waals surface area contributed by atoms with Gasteiger partial charge < -0.3 is 15.3 Å². The van der Waals surface area contributed by atoms with Gasteiger partial charge in [0.1, 0.15) is 11.6 Å². The Morgan fingerprint density at radius 1 is 1.22 bits per heavy atom. The average Bonchev–Trinajstić information content (AvgIpc) is 2.51. The zero-order valence-electron chi connectivity index (χ0n) is 12.2. The number of carbonyl (C=O) groups excluding carboxylic acids is 2. The molecule has 2 rings (SSSR count). The number of nitrogens with zero attached hydrogens (tertiary/aromatic N) is 1. The topological polar surface area (TPSA) is 69.6 Å². The van der Waals surface area contributed by atoms with Crippen LogP contribution in [-0.2, 0) is 4.79 Å². The molecule has 2 N–H and O–H groups in total. The van der Waals surface area contributed by atoms with E-state index in [4.69, 9.17) is 11.6 Å². The second-order valence-electron chi connectivity index (χ2n) is 4.88. The fourth-order valence-electron chi connectivity index (χ4n) is 1.91. The number of rotatable bonds is 4. The fraction of sp³-hybridized carbons (Fsp3) is 0.125. The van der Waals surface area contributed by atoms with Gasteiger partial charge in [0.15, 0.2) is 0 Å². The predicted molar refractivity (Wildman–Crippen MR) is 85.1 cm³/mol. The Morgan fingerprint density at radius 2 is 1.87 bits per heavy atom. The van der Waals surface area contributed by atoms with E-state index in [2.05, 4.69) is 5.32 Å². The maximum absolute atomic E-state index is 12.8. The normalized spacial score (nSPS) is 10.2. The van der Waals surface area contributed by atoms with E-state index >= 15 is 0 Å². The zero-order chi connectivity index (χ0) is 17.0. The maximum Gasteiger partial charge on any atom is 0.257 e. The molecule has 0 atom stereocenters. The van der Waals surface area contributed by atoms with Crippen molar-refractivity contribution in [3.8, 4) is 5.75 Å². The van der Waals surface area contributed by atoms with Crippen LogP contribution in [0.1, 0.15) is 10.4 Å². The Balaban J connectivity index is 2.01. The first-order valence-corrected chi connectivity index (χ1v) is 7.04. The van der Waals surface area contributed by atoms with E-state index in [1.54, 1.807) is 0 Å². The molecule has 0 unspecified atom stereocenters. The molecule has 7 heteroatoms. The molecule has 0 aromatic heterocycles. The van der Waals surface area contributed by atoms with Gasteiger partial charge in [-0.2, -0.15) is 0 Å². The molecule has 0 saturated carbocycles. The van der Waals surface area contributed by atoms with Crippen molar-refractivity contribution in [2.75, 3.05) is 18.9 Å². The zero-order valence-corrected chi connectivity index (χ0v) is 13.0. The summed E-state index contributed by atoms with van der Waals surface area (Å²) in [4.78, 5) is 25.3. The first-order chi connectivity index (χ1) is 10.9. The lowest BCUT2D eigenvalue weighted by Crippen LogP contribution is -2.35. The van der Waals surface area contributed by atoms with Gasteiger partial charge in [0.25, 0.3) is 5.91 Å². The minimum atomic E-state index is -0.542. The lowest BCUT2D eigenvalue weighted by Gasteiger charge is -2.17. The molecule has 2 amide bonds. The molecule has 23 heavy (non-hydrogen) atoms. The molecule has 0 aliphatic heterocycles. The Hall–Kier alpha value is -2.60. The molecular weight excluding hydrogens is 323 g/mol. The highest BCUT2D eigenvalue weighted by molar-refractivity contribution is 6.31. The molecule has 0 saturated heterocycles. The molecule has 0 heterocycles. The second-order valence-corrected chi connectivity index (χ2v) is 5.31. The summed E-state index contributed by atoms with van der Waals surface area (Å²) in [6.07, 6.45) is 0. The third-order valence-electron chi connectivity index (χ3n) is 3.04. The van der Waals surface area contributed by atoms with Crippen LogP contribution in [0.2, 0.25) is 5.02 Å². The summed E-state index contributed by atoms with van der Waals surface area (Å²) in [5, 5.41) is 12.6. The molecule has 0 fully saturated rings. The Bertz CT molecular complexity index is 735. The molecule has 0 spiro atoms. The molecule has 5 nitrogen and oxygen atoms in total. The van der Waals surface area contributed by atoms with Gasteiger partial charge in [-0.1, -0.05) is 11.6 Å². The van der Waals surface area contributed by atoms with Crippen molar-refractivity contribution >= 4 is 29.1 Å². The van der Waals surface area contributed by atoms with Crippen molar-refractivity contribution in [3.05, 3.63) is 58.9 Å². The SMILES string of the molecule is CN(CC(=O)Nc1ccc(F)cc1)C(=O)c1cc(Cl)ccc1O. The molecule has 0 aliphatic rings. The standard InChI is InChI=1S/C16H14ClFN2O3/c1-20(16(23)13-8-10(17)2-7-14(13)21)9-15(22)19-12-5-3-11(18)4-6-12/h2-8,21H,9H2,1H3,(H,19,22). The van der Waals surface area contributed by atoms with Crippen LogP contribution in [0.4, 0.5) is 10.1 Å². The first kappa shape index (κ1) is 16.8. The van der Waals surface area contributed by atoms with Crippen molar-refractivity contribution < 1.29 is 19.1 Å². The monoisotopic (exact) mass is 336 g/mol. The minimum absolute atomic E-state index is 0.00887. The van der Waals surface area contributed by atoms with Crippen LogP contribution >= 0.6 is 11.6 Å². The highest BCUT2D eigenvalue weighted by Gasteiger charge is 2.18. The van der Waals surface area contributed by atoms with E-state index < -0.39 is 17.6 Å². The van der Waals surface area contributed by atoms with Crippen LogP contribution in [0.3, 0.4) is 0 Å². The predicted octanol–water partition coefficient (Wildman–Crippen LogP) is 2.90. The third-order valence-corrected chi connectivity index (χ3v) is 3.28. The Labute approximate surface area is 137 Å². The van der Waals surface area contributed by atoms with Crippen LogP contribution in [0.25, 0.3) is 0 Å². The number of aromatic hydroxyl groups is 1. The van der Waals surface area contributed by atoms with Crippen LogP contribution in [0, 0.1) is 5.82 Å².